The molecule has 0 aliphatic heterocycles. The number of carbonyl (C=O) groups is 2. The first kappa shape index (κ1) is 14.0. The summed E-state index contributed by atoms with van der Waals surface area (Å²) < 4.78 is 4.86. The van der Waals surface area contributed by atoms with Crippen LogP contribution < -0.4 is 5.73 Å². The molecule has 0 saturated carbocycles. The molecule has 0 aliphatic carbocycles. The van der Waals surface area contributed by atoms with Crippen molar-refractivity contribution in [2.45, 2.75) is 19.8 Å². The van der Waals surface area contributed by atoms with E-state index in [9.17, 15) is 9.59 Å². The Morgan fingerprint density at radius 3 is 2.50 bits per heavy atom. The second kappa shape index (κ2) is 7.27. The predicted molar refractivity (Wildman–Crippen MR) is 69.6 cm³/mol. The van der Waals surface area contributed by atoms with Crippen LogP contribution in [0.25, 0.3) is 6.08 Å². The third kappa shape index (κ3) is 5.30. The van der Waals surface area contributed by atoms with Crippen molar-refractivity contribution < 1.29 is 14.3 Å². The van der Waals surface area contributed by atoms with E-state index in [4.69, 9.17) is 10.5 Å². The van der Waals surface area contributed by atoms with Crippen LogP contribution in [-0.4, -0.2) is 18.5 Å². The molecule has 0 unspecified atom stereocenters. The minimum atomic E-state index is -0.356. The lowest BCUT2D eigenvalue weighted by atomic mass is 10.1. The maximum atomic E-state index is 11.3. The van der Waals surface area contributed by atoms with Gasteiger partial charge in [0.15, 0.2) is 0 Å². The molecule has 1 amide bonds. The first-order valence-corrected chi connectivity index (χ1v) is 5.81. The standard InChI is InChI=1S/C14H17NO3/c1-2-18-14(17)10-12-8-6-11(7-9-12)4-3-5-13(15)16/h3-4,6-9H,2,5,10H2,1H3,(H2,15,16). The van der Waals surface area contributed by atoms with Crippen molar-refractivity contribution in [2.75, 3.05) is 6.61 Å². The van der Waals surface area contributed by atoms with E-state index < -0.39 is 0 Å². The Hall–Kier alpha value is -2.10. The Bertz CT molecular complexity index is 435. The minimum absolute atomic E-state index is 0.227. The highest BCUT2D eigenvalue weighted by molar-refractivity contribution is 5.76. The number of benzene rings is 1. The van der Waals surface area contributed by atoms with Crippen molar-refractivity contribution in [1.29, 1.82) is 0 Å². The molecule has 0 aliphatic rings. The molecule has 0 radical (unpaired) electrons. The number of carbonyl (C=O) groups excluding carboxylic acids is 2. The number of rotatable bonds is 6. The number of amides is 1. The maximum absolute atomic E-state index is 11.3. The SMILES string of the molecule is CCOC(=O)Cc1ccc(C=CCC(N)=O)cc1. The molecule has 0 saturated heterocycles. The lowest BCUT2D eigenvalue weighted by Gasteiger charge is -2.02. The van der Waals surface area contributed by atoms with E-state index >= 15 is 0 Å². The quantitative estimate of drug-likeness (QED) is 0.777. The Balaban J connectivity index is 2.54. The summed E-state index contributed by atoms with van der Waals surface area (Å²) >= 11 is 0. The molecule has 0 aromatic heterocycles. The summed E-state index contributed by atoms with van der Waals surface area (Å²) in [7, 11) is 0. The second-order valence-electron chi connectivity index (χ2n) is 3.80. The van der Waals surface area contributed by atoms with Crippen LogP contribution in [0.15, 0.2) is 30.3 Å². The zero-order valence-electron chi connectivity index (χ0n) is 10.4. The Kier molecular flexibility index (Phi) is 5.64. The van der Waals surface area contributed by atoms with Gasteiger partial charge in [-0.25, -0.2) is 0 Å². The highest BCUT2D eigenvalue weighted by Gasteiger charge is 2.02. The van der Waals surface area contributed by atoms with Gasteiger partial charge in [0.1, 0.15) is 0 Å². The molecule has 1 rings (SSSR count). The average molecular weight is 247 g/mol. The number of esters is 1. The molecule has 4 heteroatoms. The number of ether oxygens (including phenoxy) is 1. The van der Waals surface area contributed by atoms with Gasteiger partial charge < -0.3 is 10.5 Å². The van der Waals surface area contributed by atoms with Crippen LogP contribution in [0.4, 0.5) is 0 Å². The first-order chi connectivity index (χ1) is 8.61. The highest BCUT2D eigenvalue weighted by atomic mass is 16.5. The molecule has 96 valence electrons. The fourth-order valence-corrected chi connectivity index (χ4v) is 1.44. The van der Waals surface area contributed by atoms with Crippen LogP contribution in [-0.2, 0) is 20.7 Å². The summed E-state index contributed by atoms with van der Waals surface area (Å²) in [5.74, 6) is -0.584. The van der Waals surface area contributed by atoms with Crippen LogP contribution in [0.1, 0.15) is 24.5 Å². The van der Waals surface area contributed by atoms with Gasteiger partial charge in [-0.1, -0.05) is 36.4 Å². The van der Waals surface area contributed by atoms with Crippen LogP contribution in [0, 0.1) is 0 Å². The normalized spacial score (nSPS) is 10.5. The van der Waals surface area contributed by atoms with Crippen LogP contribution in [0.5, 0.6) is 0 Å². The van der Waals surface area contributed by atoms with Crippen molar-refractivity contribution in [3.63, 3.8) is 0 Å². The van der Waals surface area contributed by atoms with Crippen LogP contribution in [0.2, 0.25) is 0 Å². The summed E-state index contributed by atoms with van der Waals surface area (Å²) in [5, 5.41) is 0. The zero-order chi connectivity index (χ0) is 13.4. The van der Waals surface area contributed by atoms with Gasteiger partial charge in [-0.3, -0.25) is 9.59 Å². The molecule has 0 fully saturated rings. The van der Waals surface area contributed by atoms with Gasteiger partial charge >= 0.3 is 5.97 Å². The summed E-state index contributed by atoms with van der Waals surface area (Å²) in [6.45, 7) is 2.18. The van der Waals surface area contributed by atoms with Crippen molar-refractivity contribution in [3.8, 4) is 0 Å². The monoisotopic (exact) mass is 247 g/mol. The molecule has 18 heavy (non-hydrogen) atoms. The minimum Gasteiger partial charge on any atom is -0.466 e. The largest absolute Gasteiger partial charge is 0.466 e. The van der Waals surface area contributed by atoms with Gasteiger partial charge in [-0.2, -0.15) is 0 Å². The summed E-state index contributed by atoms with van der Waals surface area (Å²) in [6, 6.07) is 7.49. The van der Waals surface area contributed by atoms with E-state index in [0.717, 1.165) is 11.1 Å². The van der Waals surface area contributed by atoms with Gasteiger partial charge in [0, 0.05) is 6.42 Å². The number of hydrogen-bond acceptors (Lipinski definition) is 3. The number of hydrogen-bond donors (Lipinski definition) is 1. The van der Waals surface area contributed by atoms with E-state index in [1.165, 1.54) is 0 Å². The molecule has 4 nitrogen and oxygen atoms in total. The van der Waals surface area contributed by atoms with E-state index in [1.54, 1.807) is 13.0 Å². The number of primary amides is 1. The van der Waals surface area contributed by atoms with E-state index in [-0.39, 0.29) is 24.7 Å². The summed E-state index contributed by atoms with van der Waals surface area (Å²) in [5.41, 5.74) is 6.89. The topological polar surface area (TPSA) is 69.4 Å². The van der Waals surface area contributed by atoms with Crippen molar-refractivity contribution in [1.82, 2.24) is 0 Å². The lowest BCUT2D eigenvalue weighted by Crippen LogP contribution is -2.08. The molecular weight excluding hydrogens is 230 g/mol. The molecule has 0 bridgehead atoms. The van der Waals surface area contributed by atoms with Crippen LogP contribution >= 0.6 is 0 Å². The van der Waals surface area contributed by atoms with Crippen molar-refractivity contribution in [3.05, 3.63) is 41.5 Å². The van der Waals surface area contributed by atoms with Crippen LogP contribution in [0.3, 0.4) is 0 Å². The predicted octanol–water partition coefficient (Wildman–Crippen LogP) is 1.68. The molecule has 1 aromatic rings. The van der Waals surface area contributed by atoms with Gasteiger partial charge in [0.2, 0.25) is 5.91 Å². The summed E-state index contributed by atoms with van der Waals surface area (Å²) in [6.07, 6.45) is 4.03. The molecule has 0 atom stereocenters. The van der Waals surface area contributed by atoms with Crippen molar-refractivity contribution >= 4 is 18.0 Å². The maximum Gasteiger partial charge on any atom is 0.310 e. The third-order valence-corrected chi connectivity index (χ3v) is 2.26. The molecular formula is C14H17NO3. The summed E-state index contributed by atoms with van der Waals surface area (Å²) in [4.78, 5) is 21.8. The van der Waals surface area contributed by atoms with Gasteiger partial charge in [0.25, 0.3) is 0 Å². The average Bonchev–Trinajstić information content (AvgIpc) is 2.31. The Labute approximate surface area is 106 Å². The second-order valence-corrected chi connectivity index (χ2v) is 3.80. The third-order valence-electron chi connectivity index (χ3n) is 2.26. The van der Waals surface area contributed by atoms with E-state index in [0.29, 0.717) is 6.61 Å². The van der Waals surface area contributed by atoms with Gasteiger partial charge in [0.05, 0.1) is 13.0 Å². The fraction of sp³-hybridized carbons (Fsp3) is 0.286. The molecule has 1 aromatic carbocycles. The Morgan fingerprint density at radius 1 is 1.28 bits per heavy atom. The molecule has 0 heterocycles. The highest BCUT2D eigenvalue weighted by Crippen LogP contribution is 2.08. The van der Waals surface area contributed by atoms with Crippen molar-refractivity contribution in [2.24, 2.45) is 5.73 Å². The van der Waals surface area contributed by atoms with Gasteiger partial charge in [-0.05, 0) is 18.1 Å². The number of nitrogens with two attached hydrogens (primary N) is 1. The smallest absolute Gasteiger partial charge is 0.310 e. The Morgan fingerprint density at radius 2 is 1.94 bits per heavy atom. The van der Waals surface area contributed by atoms with E-state index in [2.05, 4.69) is 0 Å². The first-order valence-electron chi connectivity index (χ1n) is 5.81. The fourth-order valence-electron chi connectivity index (χ4n) is 1.44. The lowest BCUT2D eigenvalue weighted by molar-refractivity contribution is -0.142. The molecule has 0 spiro atoms. The zero-order valence-corrected chi connectivity index (χ0v) is 10.4. The molecule has 2 N–H and O–H groups in total. The van der Waals surface area contributed by atoms with E-state index in [1.807, 2.05) is 30.3 Å². The van der Waals surface area contributed by atoms with Gasteiger partial charge in [-0.15, -0.1) is 0 Å².